The van der Waals surface area contributed by atoms with E-state index in [0.29, 0.717) is 12.1 Å². The highest BCUT2D eigenvalue weighted by molar-refractivity contribution is 5.97. The van der Waals surface area contributed by atoms with Gasteiger partial charge >= 0.3 is 0 Å². The lowest BCUT2D eigenvalue weighted by atomic mass is 10.1. The fourth-order valence-corrected chi connectivity index (χ4v) is 2.91. The number of aromatic amines is 1. The van der Waals surface area contributed by atoms with Crippen molar-refractivity contribution in [3.8, 4) is 0 Å². The molecule has 0 spiro atoms. The molecule has 0 radical (unpaired) electrons. The average Bonchev–Trinajstić information content (AvgIpc) is 3.35. The Balaban J connectivity index is 1.58. The summed E-state index contributed by atoms with van der Waals surface area (Å²) in [4.78, 5) is 32.3. The maximum Gasteiger partial charge on any atom is 0.269 e. The molecule has 0 aliphatic heterocycles. The number of hydrogen-bond donors (Lipinski definition) is 1. The van der Waals surface area contributed by atoms with Gasteiger partial charge < -0.3 is 9.88 Å². The zero-order valence-corrected chi connectivity index (χ0v) is 13.4. The number of nitro groups is 1. The van der Waals surface area contributed by atoms with Gasteiger partial charge in [0, 0.05) is 30.3 Å². The minimum atomic E-state index is -0.423. The Hall–Kier alpha value is -3.22. The van der Waals surface area contributed by atoms with E-state index in [1.807, 2.05) is 17.0 Å². The summed E-state index contributed by atoms with van der Waals surface area (Å²) < 4.78 is 0. The van der Waals surface area contributed by atoms with E-state index in [0.717, 1.165) is 29.4 Å². The van der Waals surface area contributed by atoms with Gasteiger partial charge in [0.15, 0.2) is 0 Å². The molecule has 126 valence electrons. The lowest BCUT2D eigenvalue weighted by Gasteiger charge is -2.22. The average molecular weight is 336 g/mol. The van der Waals surface area contributed by atoms with Crippen molar-refractivity contribution in [2.24, 2.45) is 0 Å². The van der Waals surface area contributed by atoms with Crippen LogP contribution in [0.2, 0.25) is 0 Å². The predicted molar refractivity (Wildman–Crippen MR) is 92.1 cm³/mol. The van der Waals surface area contributed by atoms with E-state index in [1.54, 1.807) is 24.5 Å². The summed E-state index contributed by atoms with van der Waals surface area (Å²) in [6.07, 6.45) is 3.59. The second-order valence-corrected chi connectivity index (χ2v) is 6.22. The predicted octanol–water partition coefficient (Wildman–Crippen LogP) is 3.28. The molecule has 2 aromatic carbocycles. The number of H-pyrrole nitrogens is 1. The summed E-state index contributed by atoms with van der Waals surface area (Å²) in [5.74, 6) is -0.0302. The van der Waals surface area contributed by atoms with Crippen molar-refractivity contribution >= 4 is 22.6 Å². The first-order chi connectivity index (χ1) is 12.1. The number of imidazole rings is 1. The maximum atomic E-state index is 13.0. The van der Waals surface area contributed by atoms with Gasteiger partial charge in [0.05, 0.1) is 22.3 Å². The Bertz CT molecular complexity index is 944. The molecule has 1 saturated carbocycles. The van der Waals surface area contributed by atoms with E-state index in [1.165, 1.54) is 12.1 Å². The van der Waals surface area contributed by atoms with Crippen LogP contribution in [-0.4, -0.2) is 31.7 Å². The van der Waals surface area contributed by atoms with Crippen molar-refractivity contribution < 1.29 is 9.72 Å². The fraction of sp³-hybridized carbons (Fsp3) is 0.222. The van der Waals surface area contributed by atoms with Crippen molar-refractivity contribution in [1.29, 1.82) is 0 Å². The molecular formula is C18H16N4O3. The largest absolute Gasteiger partial charge is 0.345 e. The van der Waals surface area contributed by atoms with Crippen molar-refractivity contribution in [2.45, 2.75) is 25.4 Å². The highest BCUT2D eigenvalue weighted by atomic mass is 16.6. The van der Waals surface area contributed by atoms with Crippen LogP contribution < -0.4 is 0 Å². The zero-order valence-electron chi connectivity index (χ0n) is 13.4. The number of aromatic nitrogens is 2. The van der Waals surface area contributed by atoms with Crippen LogP contribution in [-0.2, 0) is 6.54 Å². The van der Waals surface area contributed by atoms with Crippen LogP contribution in [0.1, 0.15) is 28.8 Å². The van der Waals surface area contributed by atoms with Crippen LogP contribution in [0, 0.1) is 10.1 Å². The van der Waals surface area contributed by atoms with E-state index < -0.39 is 4.92 Å². The third-order valence-electron chi connectivity index (χ3n) is 4.42. The summed E-state index contributed by atoms with van der Waals surface area (Å²) in [5.41, 5.74) is 3.21. The van der Waals surface area contributed by atoms with Gasteiger partial charge in [-0.2, -0.15) is 0 Å². The zero-order chi connectivity index (χ0) is 17.4. The summed E-state index contributed by atoms with van der Waals surface area (Å²) in [6.45, 7) is 0.447. The number of hydrogen-bond acceptors (Lipinski definition) is 4. The molecule has 0 bridgehead atoms. The van der Waals surface area contributed by atoms with Gasteiger partial charge in [-0.15, -0.1) is 0 Å². The fourth-order valence-electron chi connectivity index (χ4n) is 2.91. The molecule has 1 aliphatic rings. The standard InChI is InChI=1S/C18H16N4O3/c23-18(13-3-8-16-17(9-13)20-11-19-16)21(14-6-7-14)10-12-1-4-15(5-2-12)22(24)25/h1-5,8-9,11,14H,6-7,10H2,(H,19,20). The van der Waals surface area contributed by atoms with Crippen LogP contribution in [0.15, 0.2) is 48.8 Å². The van der Waals surface area contributed by atoms with Gasteiger partial charge in [0.2, 0.25) is 0 Å². The van der Waals surface area contributed by atoms with Crippen LogP contribution in [0.4, 0.5) is 5.69 Å². The van der Waals surface area contributed by atoms with Crippen molar-refractivity contribution in [2.75, 3.05) is 0 Å². The molecule has 1 fully saturated rings. The topological polar surface area (TPSA) is 92.1 Å². The van der Waals surface area contributed by atoms with Gasteiger partial charge in [-0.3, -0.25) is 14.9 Å². The van der Waals surface area contributed by atoms with Gasteiger partial charge in [-0.05, 0) is 36.6 Å². The van der Waals surface area contributed by atoms with Gasteiger partial charge in [-0.25, -0.2) is 4.98 Å². The quantitative estimate of drug-likeness (QED) is 0.571. The third kappa shape index (κ3) is 3.08. The second-order valence-electron chi connectivity index (χ2n) is 6.22. The summed E-state index contributed by atoms with van der Waals surface area (Å²) >= 11 is 0. The summed E-state index contributed by atoms with van der Waals surface area (Å²) in [6, 6.07) is 12.0. The summed E-state index contributed by atoms with van der Waals surface area (Å²) in [7, 11) is 0. The van der Waals surface area contributed by atoms with Crippen LogP contribution in [0.3, 0.4) is 0 Å². The van der Waals surface area contributed by atoms with E-state index in [9.17, 15) is 14.9 Å². The Labute approximate surface area is 143 Å². The number of amides is 1. The van der Waals surface area contributed by atoms with E-state index in [4.69, 9.17) is 0 Å². The van der Waals surface area contributed by atoms with E-state index >= 15 is 0 Å². The highest BCUT2D eigenvalue weighted by Gasteiger charge is 2.33. The Kier molecular flexibility index (Phi) is 3.68. The first-order valence-electron chi connectivity index (χ1n) is 8.09. The molecule has 3 aromatic rings. The Morgan fingerprint density at radius 3 is 2.68 bits per heavy atom. The molecule has 7 nitrogen and oxygen atoms in total. The highest BCUT2D eigenvalue weighted by Crippen LogP contribution is 2.30. The molecule has 0 atom stereocenters. The molecule has 1 aliphatic carbocycles. The Morgan fingerprint density at radius 1 is 1.24 bits per heavy atom. The number of fused-ring (bicyclic) bond motifs is 1. The number of non-ortho nitro benzene ring substituents is 1. The minimum absolute atomic E-state index is 0.0302. The SMILES string of the molecule is O=C(c1ccc2nc[nH]c2c1)N(Cc1ccc([N+](=O)[O-])cc1)C1CC1. The molecule has 1 aromatic heterocycles. The molecular weight excluding hydrogens is 320 g/mol. The van der Waals surface area contributed by atoms with Crippen molar-refractivity contribution in [3.05, 3.63) is 70.0 Å². The third-order valence-corrected chi connectivity index (χ3v) is 4.42. The number of carbonyl (C=O) groups excluding carboxylic acids is 1. The Morgan fingerprint density at radius 2 is 2.00 bits per heavy atom. The second kappa shape index (κ2) is 6.01. The normalized spacial score (nSPS) is 13.8. The van der Waals surface area contributed by atoms with Gasteiger partial charge in [0.25, 0.3) is 11.6 Å². The molecule has 0 saturated heterocycles. The minimum Gasteiger partial charge on any atom is -0.345 e. The van der Waals surface area contributed by atoms with Crippen LogP contribution in [0.25, 0.3) is 11.0 Å². The van der Waals surface area contributed by atoms with E-state index in [2.05, 4.69) is 9.97 Å². The van der Waals surface area contributed by atoms with Crippen LogP contribution >= 0.6 is 0 Å². The monoisotopic (exact) mass is 336 g/mol. The lowest BCUT2D eigenvalue weighted by Crippen LogP contribution is -2.32. The molecule has 1 heterocycles. The van der Waals surface area contributed by atoms with Crippen LogP contribution in [0.5, 0.6) is 0 Å². The number of benzene rings is 2. The molecule has 4 rings (SSSR count). The van der Waals surface area contributed by atoms with Gasteiger partial charge in [0.1, 0.15) is 0 Å². The number of carbonyl (C=O) groups is 1. The smallest absolute Gasteiger partial charge is 0.269 e. The molecule has 1 N–H and O–H groups in total. The maximum absolute atomic E-state index is 13.0. The molecule has 0 unspecified atom stereocenters. The number of nitrogens with zero attached hydrogens (tertiary/aromatic N) is 3. The first kappa shape index (κ1) is 15.3. The van der Waals surface area contributed by atoms with E-state index in [-0.39, 0.29) is 17.6 Å². The number of nitrogens with one attached hydrogen (secondary N) is 1. The molecule has 1 amide bonds. The van der Waals surface area contributed by atoms with Gasteiger partial charge in [-0.1, -0.05) is 12.1 Å². The number of rotatable bonds is 5. The molecule has 7 heteroatoms. The first-order valence-corrected chi connectivity index (χ1v) is 8.09. The van der Waals surface area contributed by atoms with Crippen molar-refractivity contribution in [1.82, 2.24) is 14.9 Å². The molecule has 25 heavy (non-hydrogen) atoms. The summed E-state index contributed by atoms with van der Waals surface area (Å²) in [5, 5.41) is 10.8. The lowest BCUT2D eigenvalue weighted by molar-refractivity contribution is -0.384. The van der Waals surface area contributed by atoms with Crippen molar-refractivity contribution in [3.63, 3.8) is 0 Å². The number of nitro benzene ring substituents is 1.